The first kappa shape index (κ1) is 21.2. The van der Waals surface area contributed by atoms with E-state index in [1.807, 2.05) is 19.2 Å². The summed E-state index contributed by atoms with van der Waals surface area (Å²) in [6.45, 7) is 8.53. The Morgan fingerprint density at radius 1 is 1.03 bits per heavy atom. The van der Waals surface area contributed by atoms with Gasteiger partial charge in [0.25, 0.3) is 0 Å². The maximum atomic E-state index is 6.12. The highest BCUT2D eigenvalue weighted by Gasteiger charge is 2.16. The molecule has 0 radical (unpaired) electrons. The van der Waals surface area contributed by atoms with Gasteiger partial charge >= 0.3 is 0 Å². The van der Waals surface area contributed by atoms with Gasteiger partial charge in [0.2, 0.25) is 0 Å². The number of fused-ring (bicyclic) bond motifs is 1. The van der Waals surface area contributed by atoms with Crippen molar-refractivity contribution < 1.29 is 14.2 Å². The van der Waals surface area contributed by atoms with Crippen molar-refractivity contribution in [2.75, 3.05) is 72.0 Å². The fourth-order valence-corrected chi connectivity index (χ4v) is 4.31. The Kier molecular flexibility index (Phi) is 7.25. The molecule has 0 unspecified atom stereocenters. The molecule has 0 bridgehead atoms. The van der Waals surface area contributed by atoms with Crippen molar-refractivity contribution in [2.45, 2.75) is 25.8 Å². The Morgan fingerprint density at radius 3 is 2.57 bits per heavy atom. The zero-order valence-corrected chi connectivity index (χ0v) is 18.3. The molecule has 4 rings (SSSR count). The Morgan fingerprint density at radius 2 is 1.83 bits per heavy atom. The second kappa shape index (κ2) is 10.3. The zero-order chi connectivity index (χ0) is 20.8. The monoisotopic (exact) mass is 414 g/mol. The van der Waals surface area contributed by atoms with E-state index >= 15 is 0 Å². The van der Waals surface area contributed by atoms with Crippen LogP contribution in [0, 0.1) is 0 Å². The molecule has 0 aliphatic carbocycles. The summed E-state index contributed by atoms with van der Waals surface area (Å²) in [5.41, 5.74) is 3.04. The Hall–Kier alpha value is -2.09. The van der Waals surface area contributed by atoms with Crippen molar-refractivity contribution in [3.8, 4) is 11.5 Å². The number of likely N-dealkylation sites (tertiary alicyclic amines) is 1. The third-order valence-electron chi connectivity index (χ3n) is 5.98. The van der Waals surface area contributed by atoms with E-state index in [0.29, 0.717) is 6.61 Å². The van der Waals surface area contributed by atoms with E-state index in [2.05, 4.69) is 21.2 Å². The summed E-state index contributed by atoms with van der Waals surface area (Å²) in [7, 11) is 3.64. The minimum absolute atomic E-state index is 0.685. The molecule has 1 aromatic heterocycles. The van der Waals surface area contributed by atoms with E-state index in [9.17, 15) is 0 Å². The molecule has 2 aliphatic rings. The van der Waals surface area contributed by atoms with Crippen LogP contribution in [0.2, 0.25) is 0 Å². The van der Waals surface area contributed by atoms with Gasteiger partial charge in [-0.1, -0.05) is 0 Å². The van der Waals surface area contributed by atoms with Gasteiger partial charge in [0, 0.05) is 50.4 Å². The second-order valence-corrected chi connectivity index (χ2v) is 8.07. The van der Waals surface area contributed by atoms with Crippen molar-refractivity contribution in [1.82, 2.24) is 14.8 Å². The van der Waals surface area contributed by atoms with Crippen LogP contribution in [0.4, 0.5) is 5.69 Å². The predicted octanol–water partition coefficient (Wildman–Crippen LogP) is 2.98. The van der Waals surface area contributed by atoms with Crippen LogP contribution in [0.5, 0.6) is 11.5 Å². The van der Waals surface area contributed by atoms with Crippen LogP contribution < -0.4 is 14.8 Å². The minimum Gasteiger partial charge on any atom is -0.493 e. The summed E-state index contributed by atoms with van der Waals surface area (Å²) in [5, 5.41) is 4.36. The van der Waals surface area contributed by atoms with E-state index in [1.165, 1.54) is 25.9 Å². The molecule has 0 atom stereocenters. The third-order valence-corrected chi connectivity index (χ3v) is 5.98. The molecule has 1 aromatic carbocycles. The number of pyridine rings is 1. The molecule has 3 heterocycles. The van der Waals surface area contributed by atoms with Gasteiger partial charge in [0.15, 0.2) is 11.5 Å². The summed E-state index contributed by atoms with van der Waals surface area (Å²) in [6, 6.07) is 6.18. The van der Waals surface area contributed by atoms with Crippen molar-refractivity contribution in [2.24, 2.45) is 0 Å². The van der Waals surface area contributed by atoms with Crippen LogP contribution in [0.3, 0.4) is 0 Å². The van der Waals surface area contributed by atoms with E-state index in [4.69, 9.17) is 19.2 Å². The summed E-state index contributed by atoms with van der Waals surface area (Å²) in [5.74, 6) is 1.52. The molecule has 2 fully saturated rings. The van der Waals surface area contributed by atoms with Gasteiger partial charge < -0.3 is 24.4 Å². The van der Waals surface area contributed by atoms with Gasteiger partial charge in [-0.05, 0) is 44.5 Å². The van der Waals surface area contributed by atoms with Gasteiger partial charge in [-0.15, -0.1) is 0 Å². The summed E-state index contributed by atoms with van der Waals surface area (Å²) in [4.78, 5) is 9.84. The van der Waals surface area contributed by atoms with Crippen LogP contribution in [0.25, 0.3) is 10.9 Å². The maximum Gasteiger partial charge on any atom is 0.163 e. The van der Waals surface area contributed by atoms with Crippen molar-refractivity contribution >= 4 is 16.6 Å². The topological polar surface area (TPSA) is 59.1 Å². The lowest BCUT2D eigenvalue weighted by molar-refractivity contribution is 0.0337. The number of aromatic nitrogens is 1. The van der Waals surface area contributed by atoms with E-state index in [0.717, 1.165) is 79.6 Å². The van der Waals surface area contributed by atoms with Crippen LogP contribution in [-0.4, -0.2) is 81.5 Å². The molecule has 2 aromatic rings. The lowest BCUT2D eigenvalue weighted by Gasteiger charge is -2.26. The molecule has 7 heteroatoms. The number of nitrogens with zero attached hydrogens (tertiary/aromatic N) is 3. The number of nitrogens with one attached hydrogen (secondary N) is 1. The van der Waals surface area contributed by atoms with Gasteiger partial charge in [-0.25, -0.2) is 0 Å². The molecule has 2 aliphatic heterocycles. The van der Waals surface area contributed by atoms with E-state index < -0.39 is 0 Å². The zero-order valence-electron chi connectivity index (χ0n) is 18.3. The normalized spacial score (nSPS) is 18.1. The van der Waals surface area contributed by atoms with E-state index in [1.54, 1.807) is 7.11 Å². The number of methoxy groups -OCH3 is 1. The summed E-state index contributed by atoms with van der Waals surface area (Å²) in [6.07, 6.45) is 3.67. The highest BCUT2D eigenvalue weighted by atomic mass is 16.5. The predicted molar refractivity (Wildman–Crippen MR) is 120 cm³/mol. The molecular weight excluding hydrogens is 380 g/mol. The summed E-state index contributed by atoms with van der Waals surface area (Å²) >= 11 is 0. The lowest BCUT2D eigenvalue weighted by Crippen LogP contribution is -2.35. The fraction of sp³-hybridized carbons (Fsp3) is 0.609. The van der Waals surface area contributed by atoms with Crippen molar-refractivity contribution in [1.29, 1.82) is 0 Å². The smallest absolute Gasteiger partial charge is 0.163 e. The molecule has 7 nitrogen and oxygen atoms in total. The molecule has 164 valence electrons. The number of hydrogen-bond acceptors (Lipinski definition) is 7. The number of morpholine rings is 1. The van der Waals surface area contributed by atoms with Crippen LogP contribution in [0.1, 0.15) is 25.0 Å². The average molecular weight is 415 g/mol. The first-order valence-electron chi connectivity index (χ1n) is 11.1. The van der Waals surface area contributed by atoms with Crippen molar-refractivity contribution in [3.63, 3.8) is 0 Å². The highest BCUT2D eigenvalue weighted by molar-refractivity contribution is 5.93. The minimum atomic E-state index is 0.685. The number of benzene rings is 1. The fourth-order valence-electron chi connectivity index (χ4n) is 4.31. The van der Waals surface area contributed by atoms with Gasteiger partial charge in [0.05, 0.1) is 38.1 Å². The number of hydrogen-bond donors (Lipinski definition) is 1. The Bertz CT molecular complexity index is 833. The molecule has 0 amide bonds. The quantitative estimate of drug-likeness (QED) is 0.633. The largest absolute Gasteiger partial charge is 0.493 e. The first-order valence-corrected chi connectivity index (χ1v) is 11.1. The highest BCUT2D eigenvalue weighted by Crippen LogP contribution is 2.35. The molecule has 2 saturated heterocycles. The summed E-state index contributed by atoms with van der Waals surface area (Å²) < 4.78 is 17.2. The maximum absolute atomic E-state index is 6.12. The van der Waals surface area contributed by atoms with Gasteiger partial charge in [-0.3, -0.25) is 9.88 Å². The third kappa shape index (κ3) is 5.14. The molecule has 0 spiro atoms. The van der Waals surface area contributed by atoms with E-state index in [-0.39, 0.29) is 0 Å². The molecular formula is C23H34N4O3. The number of rotatable bonds is 9. The molecule has 0 saturated carbocycles. The second-order valence-electron chi connectivity index (χ2n) is 8.07. The first-order chi connectivity index (χ1) is 14.8. The van der Waals surface area contributed by atoms with Gasteiger partial charge in [0.1, 0.15) is 0 Å². The number of ether oxygens (including phenoxy) is 3. The average Bonchev–Trinajstić information content (AvgIpc) is 3.30. The van der Waals surface area contributed by atoms with Crippen LogP contribution in [-0.2, 0) is 11.3 Å². The van der Waals surface area contributed by atoms with Crippen LogP contribution in [0.15, 0.2) is 18.2 Å². The number of anilines is 1. The van der Waals surface area contributed by atoms with Gasteiger partial charge in [-0.2, -0.15) is 0 Å². The lowest BCUT2D eigenvalue weighted by atomic mass is 10.1. The standard InChI is InChI=1S/C23H34N4O3/c1-24-20-14-18(17-27-9-12-29-13-10-27)25-21-16-23(22(28-2)15-19(20)21)30-11-5-8-26-6-3-4-7-26/h14-16H,3-13,17H2,1-2H3,(H,24,25). The molecule has 1 N–H and O–H groups in total. The SMILES string of the molecule is CNc1cc(CN2CCOCC2)nc2cc(OCCCN3CCCC3)c(OC)cc12. The van der Waals surface area contributed by atoms with Crippen molar-refractivity contribution in [3.05, 3.63) is 23.9 Å². The van der Waals surface area contributed by atoms with Crippen LogP contribution >= 0.6 is 0 Å². The Labute approximate surface area is 179 Å². The molecule has 30 heavy (non-hydrogen) atoms. The Balaban J connectivity index is 1.50.